The minimum atomic E-state index is -0.179. The Morgan fingerprint density at radius 2 is 0.867 bits per heavy atom. The van der Waals surface area contributed by atoms with E-state index < -0.39 is 0 Å². The molecule has 258 valence electrons. The number of nitrogens with one attached hydrogen (secondary N) is 1. The van der Waals surface area contributed by atoms with Gasteiger partial charge in [-0.2, -0.15) is 40.0 Å². The first-order valence-corrected chi connectivity index (χ1v) is 15.9. The molecule has 1 N–H and O–H groups in total. The molecule has 2 aliphatic heterocycles. The quantitative estimate of drug-likeness (QED) is 0.329. The smallest absolute Gasteiger partial charge is 0.322 e. The second-order valence-corrected chi connectivity index (χ2v) is 14.7. The van der Waals surface area contributed by atoms with Gasteiger partial charge in [0.15, 0.2) is 0 Å². The SMILES string of the molecule is C.CNC1CC(C)(C)N(OC)C(C)(C)C1.CON1C(C)(C)CC(Oc2nc(Cl)nc(Cl)n2)CC1(C)C.Clc1nc(Cl)nc(Cl)n1. The molecule has 0 spiro atoms. The van der Waals surface area contributed by atoms with Crippen LogP contribution in [0, 0.1) is 0 Å². The number of hydrogen-bond acceptors (Lipinski definition) is 12. The highest BCUT2D eigenvalue weighted by Crippen LogP contribution is 2.40. The summed E-state index contributed by atoms with van der Waals surface area (Å²) >= 11 is 27.5. The molecule has 2 aliphatic rings. The van der Waals surface area contributed by atoms with E-state index in [1.54, 1.807) is 14.2 Å². The van der Waals surface area contributed by atoms with Crippen LogP contribution in [-0.2, 0) is 9.68 Å². The van der Waals surface area contributed by atoms with Gasteiger partial charge in [0, 0.05) is 41.0 Å². The highest BCUT2D eigenvalue weighted by molar-refractivity contribution is 6.33. The molecule has 45 heavy (non-hydrogen) atoms. The van der Waals surface area contributed by atoms with Crippen molar-refractivity contribution in [2.24, 2.45) is 0 Å². The molecule has 17 heteroatoms. The fourth-order valence-electron chi connectivity index (χ4n) is 6.53. The van der Waals surface area contributed by atoms with E-state index in [4.69, 9.17) is 72.4 Å². The lowest BCUT2D eigenvalue weighted by molar-refractivity contribution is -0.275. The summed E-state index contributed by atoms with van der Waals surface area (Å²) < 4.78 is 5.87. The van der Waals surface area contributed by atoms with Gasteiger partial charge in [-0.05, 0) is 133 Å². The molecule has 0 saturated carbocycles. The molecular weight excluding hydrogens is 688 g/mol. The van der Waals surface area contributed by atoms with Gasteiger partial charge in [0.2, 0.25) is 26.4 Å². The van der Waals surface area contributed by atoms with Gasteiger partial charge in [-0.1, -0.05) is 7.43 Å². The molecule has 0 unspecified atom stereocenters. The van der Waals surface area contributed by atoms with Gasteiger partial charge in [-0.3, -0.25) is 0 Å². The number of hydroxylamine groups is 4. The zero-order chi connectivity index (χ0) is 33.7. The Morgan fingerprint density at radius 1 is 0.578 bits per heavy atom. The van der Waals surface area contributed by atoms with Crippen LogP contribution in [0.1, 0.15) is 88.5 Å². The number of piperidine rings is 2. The summed E-state index contributed by atoms with van der Waals surface area (Å²) in [4.78, 5) is 33.1. The summed E-state index contributed by atoms with van der Waals surface area (Å²) in [5.41, 5.74) is -0.155. The fraction of sp³-hybridized carbons (Fsp3) is 0.786. The van der Waals surface area contributed by atoms with Crippen LogP contribution in [0.2, 0.25) is 26.4 Å². The summed E-state index contributed by atoms with van der Waals surface area (Å²) in [5.74, 6) is 0. The topological polar surface area (TPSA) is 124 Å². The van der Waals surface area contributed by atoms with E-state index in [1.165, 1.54) is 0 Å². The number of ether oxygens (including phenoxy) is 1. The molecule has 0 amide bonds. The third-order valence-corrected chi connectivity index (χ3v) is 8.15. The molecule has 4 heterocycles. The van der Waals surface area contributed by atoms with Crippen LogP contribution in [0.25, 0.3) is 0 Å². The van der Waals surface area contributed by atoms with E-state index in [0.29, 0.717) is 6.04 Å². The van der Waals surface area contributed by atoms with E-state index in [2.05, 4.69) is 95.7 Å². The molecule has 0 aliphatic carbocycles. The lowest BCUT2D eigenvalue weighted by Crippen LogP contribution is -2.62. The van der Waals surface area contributed by atoms with E-state index >= 15 is 0 Å². The predicted octanol–water partition coefficient (Wildman–Crippen LogP) is 7.40. The van der Waals surface area contributed by atoms with Crippen LogP contribution < -0.4 is 10.1 Å². The van der Waals surface area contributed by atoms with Crippen molar-refractivity contribution in [1.82, 2.24) is 45.3 Å². The Hall–Kier alpha value is -0.930. The Morgan fingerprint density at radius 3 is 1.16 bits per heavy atom. The monoisotopic (exact) mass is 733 g/mol. The van der Waals surface area contributed by atoms with Gasteiger partial charge in [0.25, 0.3) is 0 Å². The average Bonchev–Trinajstić information content (AvgIpc) is 2.80. The minimum Gasteiger partial charge on any atom is -0.460 e. The molecule has 2 aromatic heterocycles. The molecule has 0 bridgehead atoms. The average molecular weight is 736 g/mol. The minimum absolute atomic E-state index is 0. The highest BCUT2D eigenvalue weighted by atomic mass is 35.5. The van der Waals surface area contributed by atoms with Gasteiger partial charge in [-0.25, -0.2) is 0 Å². The second-order valence-electron chi connectivity index (χ2n) is 13.0. The molecule has 2 fully saturated rings. The molecule has 0 radical (unpaired) electrons. The van der Waals surface area contributed by atoms with Gasteiger partial charge in [0.1, 0.15) is 6.10 Å². The Labute approximate surface area is 293 Å². The van der Waals surface area contributed by atoms with Crippen molar-refractivity contribution in [1.29, 1.82) is 0 Å². The van der Waals surface area contributed by atoms with Crippen LogP contribution in [-0.4, -0.2) is 95.6 Å². The molecule has 4 rings (SSSR count). The van der Waals surface area contributed by atoms with Crippen LogP contribution in [0.15, 0.2) is 0 Å². The number of nitrogens with zero attached hydrogens (tertiary/aromatic N) is 8. The maximum atomic E-state index is 5.87. The molecule has 0 atom stereocenters. The van der Waals surface area contributed by atoms with Crippen molar-refractivity contribution in [3.8, 4) is 6.01 Å². The standard InChI is InChI=1S/C13H20Cl2N4O2.C11H24N2O.C3Cl3N3.CH4/c1-12(2)6-8(7-13(3,4)19(12)20-5)21-11-17-9(14)16-10(15)18-11;1-10(2)7-9(12-5)8-11(3,4)13(10)14-6;4-1-7-2(5)9-3(6)8-1;/h8H,6-7H2,1-5H3;9,12H,7-8H2,1-6H3;;1H4. The second kappa shape index (κ2) is 16.9. The summed E-state index contributed by atoms with van der Waals surface area (Å²) in [6.45, 7) is 17.4. The Bertz CT molecular complexity index is 1130. The van der Waals surface area contributed by atoms with E-state index in [9.17, 15) is 0 Å². The molecule has 12 nitrogen and oxygen atoms in total. The van der Waals surface area contributed by atoms with E-state index in [-0.39, 0.29) is 68.1 Å². The van der Waals surface area contributed by atoms with E-state index in [1.807, 2.05) is 12.1 Å². The molecular formula is C28H48Cl5N9O3. The third kappa shape index (κ3) is 12.2. The first-order chi connectivity index (χ1) is 20.2. The summed E-state index contributed by atoms with van der Waals surface area (Å²) in [7, 11) is 5.50. The Balaban J connectivity index is 0.000000364. The molecule has 0 aromatic carbocycles. The third-order valence-electron chi connectivity index (χ3n) is 7.30. The highest BCUT2D eigenvalue weighted by Gasteiger charge is 2.47. The number of hydrogen-bond donors (Lipinski definition) is 1. The van der Waals surface area contributed by atoms with Crippen LogP contribution >= 0.6 is 58.0 Å². The first kappa shape index (κ1) is 42.1. The zero-order valence-electron chi connectivity index (χ0n) is 27.2. The maximum absolute atomic E-state index is 5.87. The number of aromatic nitrogens is 6. The van der Waals surface area contributed by atoms with Crippen molar-refractivity contribution in [2.75, 3.05) is 21.3 Å². The first-order valence-electron chi connectivity index (χ1n) is 14.0. The van der Waals surface area contributed by atoms with Crippen LogP contribution in [0.5, 0.6) is 6.01 Å². The number of rotatable bonds is 5. The Kier molecular flexibility index (Phi) is 15.9. The van der Waals surface area contributed by atoms with Crippen molar-refractivity contribution in [3.05, 3.63) is 26.4 Å². The van der Waals surface area contributed by atoms with Crippen molar-refractivity contribution in [3.63, 3.8) is 0 Å². The molecule has 2 aromatic rings. The van der Waals surface area contributed by atoms with Gasteiger partial charge < -0.3 is 19.7 Å². The summed E-state index contributed by atoms with van der Waals surface area (Å²) in [6.07, 6.45) is 3.73. The van der Waals surface area contributed by atoms with Gasteiger partial charge >= 0.3 is 6.01 Å². The number of halogens is 5. The zero-order valence-corrected chi connectivity index (χ0v) is 31.0. The summed E-state index contributed by atoms with van der Waals surface area (Å²) in [5, 5.41) is 7.57. The lowest BCUT2D eigenvalue weighted by atomic mass is 9.79. The van der Waals surface area contributed by atoms with Crippen LogP contribution in [0.4, 0.5) is 0 Å². The van der Waals surface area contributed by atoms with Gasteiger partial charge in [-0.15, -0.1) is 0 Å². The van der Waals surface area contributed by atoms with Crippen molar-refractivity contribution >= 4 is 58.0 Å². The largest absolute Gasteiger partial charge is 0.460 e. The fourth-order valence-corrected chi connectivity index (χ4v) is 7.48. The van der Waals surface area contributed by atoms with Crippen molar-refractivity contribution < 1.29 is 14.4 Å². The predicted molar refractivity (Wildman–Crippen MR) is 181 cm³/mol. The lowest BCUT2D eigenvalue weighted by Gasteiger charge is -2.53. The normalized spacial score (nSPS) is 21.0. The van der Waals surface area contributed by atoms with Crippen molar-refractivity contribution in [2.45, 2.75) is 123 Å². The van der Waals surface area contributed by atoms with Crippen LogP contribution in [0.3, 0.4) is 0 Å². The summed E-state index contributed by atoms with van der Waals surface area (Å²) in [6, 6.07) is 0.744. The van der Waals surface area contributed by atoms with E-state index in [0.717, 1.165) is 25.7 Å². The van der Waals surface area contributed by atoms with Gasteiger partial charge in [0.05, 0.1) is 14.2 Å². The maximum Gasteiger partial charge on any atom is 0.322 e. The molecule has 2 saturated heterocycles.